The van der Waals surface area contributed by atoms with Crippen LogP contribution < -0.4 is 5.32 Å². The van der Waals surface area contributed by atoms with Crippen molar-refractivity contribution in [2.45, 2.75) is 32.5 Å². The lowest BCUT2D eigenvalue weighted by Gasteiger charge is -2.27. The molecular formula is C15H20N4OS. The Balaban J connectivity index is 1.46. The topological polar surface area (TPSA) is 50.2 Å². The van der Waals surface area contributed by atoms with Gasteiger partial charge in [0, 0.05) is 42.9 Å². The van der Waals surface area contributed by atoms with Gasteiger partial charge in [0.05, 0.1) is 12.9 Å². The second-order valence-corrected chi connectivity index (χ2v) is 6.48. The normalized spacial score (nSPS) is 15.8. The molecule has 0 aliphatic carbocycles. The van der Waals surface area contributed by atoms with E-state index in [1.165, 1.54) is 10.4 Å². The van der Waals surface area contributed by atoms with Crippen LogP contribution in [0.3, 0.4) is 0 Å². The quantitative estimate of drug-likeness (QED) is 0.911. The SMILES string of the molecule is CC(Cn1ccnc1)NCC(=O)N1CCc2sccc2C1. The Labute approximate surface area is 128 Å². The monoisotopic (exact) mass is 304 g/mol. The molecule has 0 aromatic carbocycles. The van der Waals surface area contributed by atoms with E-state index in [0.717, 1.165) is 26.1 Å². The molecule has 0 bridgehead atoms. The summed E-state index contributed by atoms with van der Waals surface area (Å²) in [5.41, 5.74) is 1.31. The van der Waals surface area contributed by atoms with Gasteiger partial charge in [0.25, 0.3) is 0 Å². The molecule has 2 aromatic rings. The summed E-state index contributed by atoms with van der Waals surface area (Å²) in [4.78, 5) is 19.7. The van der Waals surface area contributed by atoms with E-state index < -0.39 is 0 Å². The van der Waals surface area contributed by atoms with E-state index >= 15 is 0 Å². The van der Waals surface area contributed by atoms with Crippen LogP contribution in [0.5, 0.6) is 0 Å². The fourth-order valence-electron chi connectivity index (χ4n) is 2.61. The fourth-order valence-corrected chi connectivity index (χ4v) is 3.50. The lowest BCUT2D eigenvalue weighted by atomic mass is 10.1. The molecule has 112 valence electrons. The van der Waals surface area contributed by atoms with Crippen molar-refractivity contribution in [2.24, 2.45) is 0 Å². The fraction of sp³-hybridized carbons (Fsp3) is 0.467. The minimum atomic E-state index is 0.185. The van der Waals surface area contributed by atoms with E-state index in [4.69, 9.17) is 0 Å². The second kappa shape index (κ2) is 6.41. The number of nitrogens with one attached hydrogen (secondary N) is 1. The third-order valence-corrected chi connectivity index (χ3v) is 4.83. The molecule has 0 radical (unpaired) electrons. The molecule has 1 unspecified atom stereocenters. The number of carbonyl (C=O) groups is 1. The number of imidazole rings is 1. The van der Waals surface area contributed by atoms with Crippen molar-refractivity contribution >= 4 is 17.2 Å². The number of aromatic nitrogens is 2. The van der Waals surface area contributed by atoms with E-state index in [0.29, 0.717) is 6.54 Å². The Hall–Kier alpha value is -1.66. The minimum absolute atomic E-state index is 0.185. The summed E-state index contributed by atoms with van der Waals surface area (Å²) in [5.74, 6) is 0.185. The van der Waals surface area contributed by atoms with Gasteiger partial charge in [-0.2, -0.15) is 0 Å². The summed E-state index contributed by atoms with van der Waals surface area (Å²) in [6.07, 6.45) is 6.48. The second-order valence-electron chi connectivity index (χ2n) is 5.48. The Morgan fingerprint density at radius 1 is 1.57 bits per heavy atom. The van der Waals surface area contributed by atoms with Crippen molar-refractivity contribution in [1.29, 1.82) is 0 Å². The summed E-state index contributed by atoms with van der Waals surface area (Å²) in [6.45, 7) is 4.90. The Kier molecular flexibility index (Phi) is 4.36. The third-order valence-electron chi connectivity index (χ3n) is 3.81. The summed E-state index contributed by atoms with van der Waals surface area (Å²) < 4.78 is 2.01. The maximum atomic E-state index is 12.3. The van der Waals surface area contributed by atoms with Crippen LogP contribution >= 0.6 is 11.3 Å². The molecule has 3 heterocycles. The molecule has 0 saturated heterocycles. The van der Waals surface area contributed by atoms with Crippen LogP contribution in [0.25, 0.3) is 0 Å². The van der Waals surface area contributed by atoms with Crippen molar-refractivity contribution in [3.8, 4) is 0 Å². The highest BCUT2D eigenvalue weighted by Gasteiger charge is 2.21. The van der Waals surface area contributed by atoms with Crippen molar-refractivity contribution < 1.29 is 4.79 Å². The molecular weight excluding hydrogens is 284 g/mol. The number of fused-ring (bicyclic) bond motifs is 1. The molecule has 6 heteroatoms. The van der Waals surface area contributed by atoms with Crippen molar-refractivity contribution in [3.63, 3.8) is 0 Å². The molecule has 1 aliphatic rings. The van der Waals surface area contributed by atoms with Gasteiger partial charge >= 0.3 is 0 Å². The largest absolute Gasteiger partial charge is 0.337 e. The number of carbonyl (C=O) groups excluding carboxylic acids is 1. The van der Waals surface area contributed by atoms with Crippen molar-refractivity contribution in [3.05, 3.63) is 40.6 Å². The van der Waals surface area contributed by atoms with E-state index in [1.54, 1.807) is 23.9 Å². The van der Waals surface area contributed by atoms with Crippen LogP contribution in [0.4, 0.5) is 0 Å². The Morgan fingerprint density at radius 3 is 3.29 bits per heavy atom. The molecule has 3 rings (SSSR count). The van der Waals surface area contributed by atoms with Crippen molar-refractivity contribution in [1.82, 2.24) is 19.8 Å². The predicted octanol–water partition coefficient (Wildman–Crippen LogP) is 1.51. The maximum absolute atomic E-state index is 12.3. The molecule has 1 amide bonds. The highest BCUT2D eigenvalue weighted by Crippen LogP contribution is 2.23. The molecule has 1 N–H and O–H groups in total. The molecule has 0 spiro atoms. The Bertz CT molecular complexity index is 593. The summed E-state index contributed by atoms with van der Waals surface area (Å²) in [7, 11) is 0. The predicted molar refractivity (Wildman–Crippen MR) is 83.1 cm³/mol. The van der Waals surface area contributed by atoms with Gasteiger partial charge in [0.15, 0.2) is 0 Å². The standard InChI is InChI=1S/C15H20N4OS/c1-12(9-18-6-4-16-11-18)17-8-15(20)19-5-2-14-13(10-19)3-7-21-14/h3-4,6-7,11-12,17H,2,5,8-10H2,1H3. The van der Waals surface area contributed by atoms with Gasteiger partial charge < -0.3 is 14.8 Å². The summed E-state index contributed by atoms with van der Waals surface area (Å²) >= 11 is 1.80. The van der Waals surface area contributed by atoms with Crippen LogP contribution in [-0.2, 0) is 24.3 Å². The molecule has 1 aliphatic heterocycles. The van der Waals surface area contributed by atoms with Crippen LogP contribution in [0, 0.1) is 0 Å². The first-order chi connectivity index (χ1) is 10.2. The first kappa shape index (κ1) is 14.3. The van der Waals surface area contributed by atoms with Crippen LogP contribution in [0.1, 0.15) is 17.4 Å². The summed E-state index contributed by atoms with van der Waals surface area (Å²) in [6, 6.07) is 2.37. The van der Waals surface area contributed by atoms with E-state index in [1.807, 2.05) is 15.7 Å². The lowest BCUT2D eigenvalue weighted by molar-refractivity contribution is -0.131. The van der Waals surface area contributed by atoms with Gasteiger partial charge in [-0.15, -0.1) is 11.3 Å². The number of hydrogen-bond donors (Lipinski definition) is 1. The average molecular weight is 304 g/mol. The first-order valence-electron chi connectivity index (χ1n) is 7.24. The number of amides is 1. The highest BCUT2D eigenvalue weighted by molar-refractivity contribution is 7.10. The zero-order valence-electron chi connectivity index (χ0n) is 12.2. The van der Waals surface area contributed by atoms with Crippen LogP contribution in [0.15, 0.2) is 30.2 Å². The first-order valence-corrected chi connectivity index (χ1v) is 8.12. The average Bonchev–Trinajstić information content (AvgIpc) is 3.14. The number of hydrogen-bond acceptors (Lipinski definition) is 4. The Morgan fingerprint density at radius 2 is 2.48 bits per heavy atom. The minimum Gasteiger partial charge on any atom is -0.337 e. The molecule has 0 saturated carbocycles. The zero-order valence-corrected chi connectivity index (χ0v) is 13.0. The van der Waals surface area contributed by atoms with Gasteiger partial charge in [-0.1, -0.05) is 0 Å². The number of nitrogens with zero attached hydrogens (tertiary/aromatic N) is 3. The van der Waals surface area contributed by atoms with Gasteiger partial charge in [-0.3, -0.25) is 4.79 Å². The van der Waals surface area contributed by atoms with E-state index in [-0.39, 0.29) is 11.9 Å². The van der Waals surface area contributed by atoms with E-state index in [2.05, 4.69) is 28.7 Å². The van der Waals surface area contributed by atoms with Crippen LogP contribution in [-0.4, -0.2) is 39.5 Å². The van der Waals surface area contributed by atoms with Gasteiger partial charge in [0.1, 0.15) is 0 Å². The van der Waals surface area contributed by atoms with E-state index in [9.17, 15) is 4.79 Å². The van der Waals surface area contributed by atoms with Gasteiger partial charge in [-0.25, -0.2) is 4.98 Å². The third kappa shape index (κ3) is 3.51. The molecule has 1 atom stereocenters. The lowest BCUT2D eigenvalue weighted by Crippen LogP contribution is -2.43. The summed E-state index contributed by atoms with van der Waals surface area (Å²) in [5, 5.41) is 5.41. The highest BCUT2D eigenvalue weighted by atomic mass is 32.1. The molecule has 0 fully saturated rings. The molecule has 2 aromatic heterocycles. The number of thiophene rings is 1. The van der Waals surface area contributed by atoms with Gasteiger partial charge in [0.2, 0.25) is 5.91 Å². The molecule has 21 heavy (non-hydrogen) atoms. The zero-order chi connectivity index (χ0) is 14.7. The van der Waals surface area contributed by atoms with Crippen molar-refractivity contribution in [2.75, 3.05) is 13.1 Å². The smallest absolute Gasteiger partial charge is 0.236 e. The maximum Gasteiger partial charge on any atom is 0.236 e. The molecule has 5 nitrogen and oxygen atoms in total. The van der Waals surface area contributed by atoms with Crippen LogP contribution in [0.2, 0.25) is 0 Å². The number of rotatable bonds is 5. The van der Waals surface area contributed by atoms with Gasteiger partial charge in [-0.05, 0) is 30.4 Å².